The molecule has 1 aromatic heterocycles. The van der Waals surface area contributed by atoms with Gasteiger partial charge in [0.2, 0.25) is 5.91 Å². The van der Waals surface area contributed by atoms with Crippen molar-refractivity contribution in [1.29, 1.82) is 0 Å². The number of aromatic nitrogens is 1. The zero-order valence-corrected chi connectivity index (χ0v) is 24.8. The molecule has 1 atom stereocenters. The average Bonchev–Trinajstić information content (AvgIpc) is 3.41. The zero-order chi connectivity index (χ0) is 26.7. The van der Waals surface area contributed by atoms with E-state index in [1.165, 1.54) is 7.05 Å². The second-order valence-electron chi connectivity index (χ2n) is 10.3. The molecule has 9 nitrogen and oxygen atoms in total. The van der Waals surface area contributed by atoms with Crippen LogP contribution in [0.25, 0.3) is 11.3 Å². The largest absolute Gasteiger partial charge is 0.353 e. The van der Waals surface area contributed by atoms with Crippen LogP contribution >= 0.6 is 24.8 Å². The van der Waals surface area contributed by atoms with Crippen molar-refractivity contribution in [2.75, 3.05) is 73.9 Å². The Morgan fingerprint density at radius 2 is 1.72 bits per heavy atom. The summed E-state index contributed by atoms with van der Waals surface area (Å²) >= 11 is 0. The number of hydrogen-bond donors (Lipinski definition) is 0. The van der Waals surface area contributed by atoms with Crippen molar-refractivity contribution in [2.24, 2.45) is 5.92 Å². The highest BCUT2D eigenvalue weighted by molar-refractivity contribution is 7.94. The fraction of sp³-hybridized carbons (Fsp3) is 0.520. The number of carbonyl (C=O) groups excluding carboxylic acids is 1. The lowest BCUT2D eigenvalue weighted by Gasteiger charge is -2.36. The third kappa shape index (κ3) is 5.89. The molecule has 0 radical (unpaired) electrons. The Labute approximate surface area is 240 Å². The topological polar surface area (TPSA) is 80.3 Å². The van der Waals surface area contributed by atoms with Crippen molar-refractivity contribution in [3.8, 4) is 11.3 Å². The Morgan fingerprint density at radius 1 is 1.08 bits per heavy atom. The molecule has 216 valence electrons. The van der Waals surface area contributed by atoms with Crippen LogP contribution in [-0.4, -0.2) is 95.4 Å². The first-order chi connectivity index (χ1) is 17.4. The standard InChI is InChI=1S/C25H32F2N6O3S.2ClH/c1-17-5-8-22(31-9-11-32(12-10-31)23(34)16-29(2)3)28-24(17)18-6-7-20-21(13-18)30(4)37(35,36)33(20)15-19-14-25(19,26)27;;/h5-8,13,19H,9-12,14-16H2,1-4H3;2*1H. The Balaban J connectivity index is 0.00000210. The minimum atomic E-state index is -3.92. The summed E-state index contributed by atoms with van der Waals surface area (Å²) in [5.41, 5.74) is 3.26. The molecule has 1 aromatic carbocycles. The van der Waals surface area contributed by atoms with Gasteiger partial charge >= 0.3 is 10.2 Å². The lowest BCUT2D eigenvalue weighted by atomic mass is 10.0. The number of aryl methyl sites for hydroxylation is 1. The highest BCUT2D eigenvalue weighted by Gasteiger charge is 2.59. The monoisotopic (exact) mass is 606 g/mol. The number of halogens is 4. The molecule has 1 saturated heterocycles. The molecule has 2 fully saturated rings. The van der Waals surface area contributed by atoms with E-state index in [4.69, 9.17) is 4.98 Å². The number of fused-ring (bicyclic) bond motifs is 1. The molecule has 1 unspecified atom stereocenters. The number of nitrogens with zero attached hydrogens (tertiary/aromatic N) is 6. The van der Waals surface area contributed by atoms with Gasteiger partial charge in [0, 0.05) is 57.7 Å². The van der Waals surface area contributed by atoms with E-state index >= 15 is 0 Å². The van der Waals surface area contributed by atoms with Crippen molar-refractivity contribution in [3.05, 3.63) is 35.9 Å². The summed E-state index contributed by atoms with van der Waals surface area (Å²) in [6.45, 7) is 4.67. The van der Waals surface area contributed by atoms with Gasteiger partial charge in [-0.05, 0) is 44.8 Å². The first-order valence-electron chi connectivity index (χ1n) is 12.3. The van der Waals surface area contributed by atoms with Crippen LogP contribution in [0.15, 0.2) is 30.3 Å². The second kappa shape index (κ2) is 11.2. The van der Waals surface area contributed by atoms with Gasteiger partial charge in [-0.25, -0.2) is 13.8 Å². The molecule has 3 aliphatic rings. The van der Waals surface area contributed by atoms with Gasteiger partial charge in [0.1, 0.15) is 5.82 Å². The number of anilines is 3. The summed E-state index contributed by atoms with van der Waals surface area (Å²) in [4.78, 5) is 23.2. The summed E-state index contributed by atoms with van der Waals surface area (Å²) in [5, 5.41) is 0. The van der Waals surface area contributed by atoms with Gasteiger partial charge in [-0.2, -0.15) is 8.42 Å². The Bertz CT molecular complexity index is 1340. The summed E-state index contributed by atoms with van der Waals surface area (Å²) < 4.78 is 55.3. The van der Waals surface area contributed by atoms with Crippen LogP contribution in [0, 0.1) is 12.8 Å². The Morgan fingerprint density at radius 3 is 2.31 bits per heavy atom. The van der Waals surface area contributed by atoms with E-state index in [2.05, 4.69) is 4.90 Å². The van der Waals surface area contributed by atoms with Crippen molar-refractivity contribution < 1.29 is 22.0 Å². The van der Waals surface area contributed by atoms with Crippen LogP contribution in [-0.2, 0) is 15.0 Å². The van der Waals surface area contributed by atoms with Crippen LogP contribution in [0.4, 0.5) is 26.0 Å². The number of alkyl halides is 2. The molecular weight excluding hydrogens is 573 g/mol. The van der Waals surface area contributed by atoms with Gasteiger partial charge < -0.3 is 14.7 Å². The molecule has 2 aromatic rings. The highest BCUT2D eigenvalue weighted by atomic mass is 35.5. The average molecular weight is 608 g/mol. The van der Waals surface area contributed by atoms with Crippen LogP contribution in [0.5, 0.6) is 0 Å². The van der Waals surface area contributed by atoms with E-state index in [0.29, 0.717) is 44.1 Å². The number of carbonyl (C=O) groups is 1. The number of benzene rings is 1. The molecule has 0 N–H and O–H groups in total. The minimum absolute atomic E-state index is 0. The molecule has 5 rings (SSSR count). The fourth-order valence-electron chi connectivity index (χ4n) is 4.93. The van der Waals surface area contributed by atoms with Gasteiger partial charge in [0.15, 0.2) is 0 Å². The molecule has 0 spiro atoms. The molecule has 1 saturated carbocycles. The maximum atomic E-state index is 13.5. The smallest absolute Gasteiger partial charge is 0.326 e. The quantitative estimate of drug-likeness (QED) is 0.502. The van der Waals surface area contributed by atoms with Gasteiger partial charge in [-0.3, -0.25) is 13.4 Å². The van der Waals surface area contributed by atoms with E-state index in [0.717, 1.165) is 31.2 Å². The molecule has 3 heterocycles. The highest BCUT2D eigenvalue weighted by Crippen LogP contribution is 2.51. The summed E-state index contributed by atoms with van der Waals surface area (Å²) in [6.07, 6.45) is -0.288. The third-order valence-corrected chi connectivity index (χ3v) is 9.11. The van der Waals surface area contributed by atoms with Crippen molar-refractivity contribution in [1.82, 2.24) is 14.8 Å². The molecule has 1 amide bonds. The molecule has 39 heavy (non-hydrogen) atoms. The number of likely N-dealkylation sites (N-methyl/N-ethyl adjacent to an activating group) is 1. The van der Waals surface area contributed by atoms with Gasteiger partial charge in [-0.1, -0.05) is 12.1 Å². The second-order valence-corrected chi connectivity index (χ2v) is 12.2. The fourth-order valence-corrected chi connectivity index (χ4v) is 6.39. The maximum absolute atomic E-state index is 13.5. The van der Waals surface area contributed by atoms with Crippen molar-refractivity contribution in [2.45, 2.75) is 19.3 Å². The van der Waals surface area contributed by atoms with E-state index < -0.39 is 22.0 Å². The van der Waals surface area contributed by atoms with E-state index in [-0.39, 0.29) is 43.7 Å². The van der Waals surface area contributed by atoms with E-state index in [1.807, 2.05) is 43.0 Å². The van der Waals surface area contributed by atoms with Crippen molar-refractivity contribution in [3.63, 3.8) is 0 Å². The lowest BCUT2D eigenvalue weighted by molar-refractivity contribution is -0.132. The molecule has 1 aliphatic carbocycles. The van der Waals surface area contributed by atoms with Gasteiger partial charge in [0.05, 0.1) is 23.6 Å². The minimum Gasteiger partial charge on any atom is -0.353 e. The summed E-state index contributed by atoms with van der Waals surface area (Å²) in [6, 6.07) is 9.17. The predicted molar refractivity (Wildman–Crippen MR) is 154 cm³/mol. The van der Waals surface area contributed by atoms with Crippen molar-refractivity contribution >= 4 is 58.1 Å². The number of piperazine rings is 1. The normalized spacial score (nSPS) is 20.8. The van der Waals surface area contributed by atoms with E-state index in [9.17, 15) is 22.0 Å². The van der Waals surface area contributed by atoms with Crippen LogP contribution in [0.1, 0.15) is 12.0 Å². The summed E-state index contributed by atoms with van der Waals surface area (Å²) in [5.74, 6) is -2.86. The molecule has 2 aliphatic heterocycles. The first-order valence-corrected chi connectivity index (χ1v) is 13.7. The maximum Gasteiger partial charge on any atom is 0.326 e. The molecule has 14 heteroatoms. The Kier molecular flexibility index (Phi) is 8.96. The predicted octanol–water partition coefficient (Wildman–Crippen LogP) is 3.27. The van der Waals surface area contributed by atoms with E-state index in [1.54, 1.807) is 18.2 Å². The van der Waals surface area contributed by atoms with Crippen LogP contribution in [0.2, 0.25) is 0 Å². The lowest BCUT2D eigenvalue weighted by Crippen LogP contribution is -2.51. The first kappa shape index (κ1) is 31.1. The van der Waals surface area contributed by atoms with Gasteiger partial charge in [0.25, 0.3) is 5.92 Å². The molecular formula is C25H34Cl2F2N6O3S. The van der Waals surface area contributed by atoms with Crippen LogP contribution in [0.3, 0.4) is 0 Å². The number of pyridine rings is 1. The number of rotatable bonds is 6. The molecule has 0 bridgehead atoms. The third-order valence-electron chi connectivity index (χ3n) is 7.31. The zero-order valence-electron chi connectivity index (χ0n) is 22.3. The Hall–Kier alpha value is -2.41. The van der Waals surface area contributed by atoms with Crippen LogP contribution < -0.4 is 13.5 Å². The number of hydrogen-bond acceptors (Lipinski definition) is 6. The van der Waals surface area contributed by atoms with Gasteiger partial charge in [-0.15, -0.1) is 24.8 Å². The summed E-state index contributed by atoms with van der Waals surface area (Å²) in [7, 11) is 1.28. The number of amides is 1. The SMILES string of the molecule is Cc1ccc(N2CCN(C(=O)CN(C)C)CC2)nc1-c1ccc2c(c1)N(C)S(=O)(=O)N2CC1CC1(F)F.Cl.Cl.